The average Bonchev–Trinajstić information content (AvgIpc) is 3.39. The summed E-state index contributed by atoms with van der Waals surface area (Å²) in [5.41, 5.74) is 2.98. The van der Waals surface area contributed by atoms with E-state index in [1.54, 1.807) is 0 Å². The molecule has 2 saturated carbocycles. The van der Waals surface area contributed by atoms with Crippen molar-refractivity contribution >= 4 is 11.9 Å². The predicted octanol–water partition coefficient (Wildman–Crippen LogP) is 5.70. The van der Waals surface area contributed by atoms with E-state index < -0.39 is 5.97 Å². The van der Waals surface area contributed by atoms with Crippen LogP contribution in [0.4, 0.5) is 0 Å². The highest BCUT2D eigenvalue weighted by atomic mass is 16.4. The molecule has 2 aromatic rings. The van der Waals surface area contributed by atoms with E-state index >= 15 is 0 Å². The Morgan fingerprint density at radius 2 is 1.65 bits per heavy atom. The molecule has 0 saturated heterocycles. The number of carboxylic acid groups (broad SMARTS) is 1. The molecule has 162 valence electrons. The number of carboxylic acids is 1. The maximum atomic E-state index is 13.0. The molecule has 31 heavy (non-hydrogen) atoms. The second-order valence-electron chi connectivity index (χ2n) is 8.93. The van der Waals surface area contributed by atoms with E-state index in [1.807, 2.05) is 42.5 Å². The van der Waals surface area contributed by atoms with Gasteiger partial charge in [0.05, 0.1) is 0 Å². The fourth-order valence-electron chi connectivity index (χ4n) is 5.40. The van der Waals surface area contributed by atoms with Gasteiger partial charge in [-0.05, 0) is 79.5 Å². The van der Waals surface area contributed by atoms with Gasteiger partial charge in [-0.25, -0.2) is 0 Å². The van der Waals surface area contributed by atoms with Crippen LogP contribution in [0.1, 0.15) is 55.3 Å². The number of allylic oxidation sites excluding steroid dienone is 2. The lowest BCUT2D eigenvalue weighted by molar-refractivity contribution is -0.137. The Hall–Kier alpha value is -2.88. The van der Waals surface area contributed by atoms with E-state index in [4.69, 9.17) is 5.11 Å². The first-order valence-corrected chi connectivity index (χ1v) is 11.4. The molecule has 0 aromatic heterocycles. The Balaban J connectivity index is 1.35. The molecule has 0 radical (unpaired) electrons. The van der Waals surface area contributed by atoms with Gasteiger partial charge in [0.1, 0.15) is 0 Å². The molecule has 2 aliphatic rings. The third-order valence-electron chi connectivity index (χ3n) is 6.98. The zero-order chi connectivity index (χ0) is 21.6. The van der Waals surface area contributed by atoms with Gasteiger partial charge in [-0.15, -0.1) is 0 Å². The Labute approximate surface area is 184 Å². The first kappa shape index (κ1) is 21.4. The summed E-state index contributed by atoms with van der Waals surface area (Å²) < 4.78 is 0. The van der Waals surface area contributed by atoms with Gasteiger partial charge in [0.2, 0.25) is 0 Å². The van der Waals surface area contributed by atoms with E-state index in [0.29, 0.717) is 29.7 Å². The summed E-state index contributed by atoms with van der Waals surface area (Å²) in [6, 6.07) is 18.3. The number of hydrogen-bond donors (Lipinski definition) is 2. The van der Waals surface area contributed by atoms with Gasteiger partial charge >= 0.3 is 5.97 Å². The van der Waals surface area contributed by atoms with Crippen molar-refractivity contribution in [2.75, 3.05) is 0 Å². The summed E-state index contributed by atoms with van der Waals surface area (Å²) in [6.45, 7) is 0. The molecule has 2 aliphatic carbocycles. The smallest absolute Gasteiger partial charge is 0.303 e. The van der Waals surface area contributed by atoms with Crippen molar-refractivity contribution in [2.45, 2.75) is 51.0 Å². The molecule has 0 spiro atoms. The van der Waals surface area contributed by atoms with Crippen LogP contribution < -0.4 is 5.32 Å². The van der Waals surface area contributed by atoms with E-state index in [-0.39, 0.29) is 18.4 Å². The number of amides is 1. The largest absolute Gasteiger partial charge is 0.481 e. The number of hydrogen-bond acceptors (Lipinski definition) is 2. The number of rotatable bonds is 9. The van der Waals surface area contributed by atoms with Crippen LogP contribution in [0.3, 0.4) is 0 Å². The van der Waals surface area contributed by atoms with Crippen LogP contribution in [0.2, 0.25) is 0 Å². The van der Waals surface area contributed by atoms with Crippen molar-refractivity contribution in [3.05, 3.63) is 72.3 Å². The first-order valence-electron chi connectivity index (χ1n) is 11.4. The van der Waals surface area contributed by atoms with Crippen LogP contribution in [0.15, 0.2) is 66.7 Å². The lowest BCUT2D eigenvalue weighted by atomic mass is 9.82. The Bertz CT molecular complexity index is 919. The highest BCUT2D eigenvalue weighted by molar-refractivity contribution is 5.95. The molecule has 2 aromatic carbocycles. The lowest BCUT2D eigenvalue weighted by Gasteiger charge is -2.31. The number of benzene rings is 2. The van der Waals surface area contributed by atoms with Crippen molar-refractivity contribution in [1.82, 2.24) is 5.32 Å². The molecule has 4 heteroatoms. The van der Waals surface area contributed by atoms with Crippen LogP contribution in [0, 0.1) is 17.8 Å². The Morgan fingerprint density at radius 3 is 2.39 bits per heavy atom. The number of fused-ring (bicyclic) bond motifs is 2. The molecular formula is C27H31NO3. The molecule has 0 aliphatic heterocycles. The van der Waals surface area contributed by atoms with Crippen molar-refractivity contribution < 1.29 is 14.7 Å². The van der Waals surface area contributed by atoms with Crippen molar-refractivity contribution in [3.63, 3.8) is 0 Å². The normalized spacial score (nSPS) is 24.5. The van der Waals surface area contributed by atoms with Gasteiger partial charge in [0, 0.05) is 18.0 Å². The van der Waals surface area contributed by atoms with Gasteiger partial charge in [0.25, 0.3) is 5.91 Å². The minimum atomic E-state index is -0.735. The fourth-order valence-corrected chi connectivity index (χ4v) is 5.40. The van der Waals surface area contributed by atoms with E-state index in [2.05, 4.69) is 29.6 Å². The van der Waals surface area contributed by atoms with Crippen LogP contribution in [-0.4, -0.2) is 23.0 Å². The lowest BCUT2D eigenvalue weighted by Crippen LogP contribution is -2.43. The summed E-state index contributed by atoms with van der Waals surface area (Å²) in [5, 5.41) is 12.1. The topological polar surface area (TPSA) is 66.4 Å². The SMILES string of the molecule is O=C(O)CCC/C=C\C[C@H]1C(NC(=O)c2ccc(-c3ccccc3)cc2)[C@H]2CC[C@@H]1C2. The molecule has 2 N–H and O–H groups in total. The van der Waals surface area contributed by atoms with Gasteiger partial charge in [0.15, 0.2) is 0 Å². The maximum Gasteiger partial charge on any atom is 0.303 e. The summed E-state index contributed by atoms with van der Waals surface area (Å²) in [7, 11) is 0. The highest BCUT2D eigenvalue weighted by Crippen LogP contribution is 2.50. The fraction of sp³-hybridized carbons (Fsp3) is 0.407. The van der Waals surface area contributed by atoms with Gasteiger partial charge in [-0.1, -0.05) is 54.6 Å². The molecule has 4 atom stereocenters. The minimum absolute atomic E-state index is 0.0209. The van der Waals surface area contributed by atoms with Crippen molar-refractivity contribution in [2.24, 2.45) is 17.8 Å². The minimum Gasteiger partial charge on any atom is -0.481 e. The Morgan fingerprint density at radius 1 is 0.935 bits per heavy atom. The number of carbonyl (C=O) groups excluding carboxylic acids is 1. The second-order valence-corrected chi connectivity index (χ2v) is 8.93. The summed E-state index contributed by atoms with van der Waals surface area (Å²) >= 11 is 0. The van der Waals surface area contributed by atoms with Crippen LogP contribution in [-0.2, 0) is 4.79 Å². The van der Waals surface area contributed by atoms with Gasteiger partial charge in [-0.2, -0.15) is 0 Å². The molecule has 4 nitrogen and oxygen atoms in total. The van der Waals surface area contributed by atoms with Crippen LogP contribution in [0.5, 0.6) is 0 Å². The number of carbonyl (C=O) groups is 2. The second kappa shape index (κ2) is 9.95. The summed E-state index contributed by atoms with van der Waals surface area (Å²) in [5.74, 6) is 1.05. The first-order chi connectivity index (χ1) is 15.1. The number of aliphatic carboxylic acids is 1. The molecule has 1 unspecified atom stereocenters. The zero-order valence-electron chi connectivity index (χ0n) is 17.9. The van der Waals surface area contributed by atoms with Crippen LogP contribution >= 0.6 is 0 Å². The molecule has 0 heterocycles. The van der Waals surface area contributed by atoms with Gasteiger partial charge in [-0.3, -0.25) is 9.59 Å². The average molecular weight is 418 g/mol. The maximum absolute atomic E-state index is 13.0. The molecule has 2 bridgehead atoms. The highest BCUT2D eigenvalue weighted by Gasteiger charge is 2.47. The van der Waals surface area contributed by atoms with Crippen LogP contribution in [0.25, 0.3) is 11.1 Å². The molecule has 2 fully saturated rings. The third kappa shape index (κ3) is 5.25. The standard InChI is InChI=1S/C27H31NO3/c29-25(30)11-7-2-1-6-10-24-22-16-17-23(18-22)26(24)28-27(31)21-14-12-20(13-15-21)19-8-4-3-5-9-19/h1,3-6,8-9,12-15,22-24,26H,2,7,10-11,16-18H2,(H,28,31)(H,29,30)/b6-1-/t22-,23+,24-,26?/m1/s1. The predicted molar refractivity (Wildman–Crippen MR) is 123 cm³/mol. The molecular weight excluding hydrogens is 386 g/mol. The summed E-state index contributed by atoms with van der Waals surface area (Å²) in [4.78, 5) is 23.6. The third-order valence-corrected chi connectivity index (χ3v) is 6.98. The van der Waals surface area contributed by atoms with Gasteiger partial charge < -0.3 is 10.4 Å². The number of nitrogens with one attached hydrogen (secondary N) is 1. The number of unbranched alkanes of at least 4 members (excludes halogenated alkanes) is 1. The van der Waals surface area contributed by atoms with E-state index in [9.17, 15) is 9.59 Å². The zero-order valence-corrected chi connectivity index (χ0v) is 17.9. The Kier molecular flexibility index (Phi) is 6.86. The van der Waals surface area contributed by atoms with E-state index in [1.165, 1.54) is 19.3 Å². The molecule has 4 rings (SSSR count). The summed E-state index contributed by atoms with van der Waals surface area (Å²) in [6.07, 6.45) is 10.7. The molecule has 1 amide bonds. The van der Waals surface area contributed by atoms with E-state index in [0.717, 1.165) is 24.0 Å². The quantitative estimate of drug-likeness (QED) is 0.406. The van der Waals surface area contributed by atoms with Crippen molar-refractivity contribution in [1.29, 1.82) is 0 Å². The van der Waals surface area contributed by atoms with Crippen molar-refractivity contribution in [3.8, 4) is 11.1 Å². The monoisotopic (exact) mass is 417 g/mol.